The first-order valence-corrected chi connectivity index (χ1v) is 5.63. The highest BCUT2D eigenvalue weighted by Gasteiger charge is 2.06. The molecule has 1 rings (SSSR count). The van der Waals surface area contributed by atoms with Gasteiger partial charge in [0.25, 0.3) is 0 Å². The molecule has 0 saturated carbocycles. The van der Waals surface area contributed by atoms with Gasteiger partial charge in [-0.15, -0.1) is 0 Å². The van der Waals surface area contributed by atoms with Crippen LogP contribution in [0.3, 0.4) is 0 Å². The summed E-state index contributed by atoms with van der Waals surface area (Å²) < 4.78 is 15.1. The van der Waals surface area contributed by atoms with Crippen LogP contribution in [-0.4, -0.2) is 32.9 Å². The lowest BCUT2D eigenvalue weighted by molar-refractivity contribution is -0.147. The van der Waals surface area contributed by atoms with Crippen LogP contribution < -0.4 is 4.74 Å². The fourth-order valence-corrected chi connectivity index (χ4v) is 1.35. The number of para-hydroxylation sites is 1. The van der Waals surface area contributed by atoms with Crippen molar-refractivity contribution in [1.82, 2.24) is 0 Å². The van der Waals surface area contributed by atoms with E-state index in [1.165, 1.54) is 0 Å². The number of aryl methyl sites for hydroxylation is 1. The molecular formula is C13H18O4. The van der Waals surface area contributed by atoms with Gasteiger partial charge in [-0.2, -0.15) is 0 Å². The molecule has 1 aromatic rings. The number of benzene rings is 1. The van der Waals surface area contributed by atoms with Gasteiger partial charge in [0.05, 0.1) is 6.61 Å². The Morgan fingerprint density at radius 2 is 2.00 bits per heavy atom. The summed E-state index contributed by atoms with van der Waals surface area (Å²) >= 11 is 0. The van der Waals surface area contributed by atoms with Gasteiger partial charge in [0.15, 0.2) is 6.61 Å². The maximum absolute atomic E-state index is 11.3. The lowest BCUT2D eigenvalue weighted by Gasteiger charge is -2.09. The molecule has 0 spiro atoms. The van der Waals surface area contributed by atoms with E-state index in [0.717, 1.165) is 17.7 Å². The topological polar surface area (TPSA) is 44.8 Å². The van der Waals surface area contributed by atoms with Crippen molar-refractivity contribution in [2.45, 2.75) is 13.3 Å². The molecule has 0 saturated heterocycles. The maximum atomic E-state index is 11.3. The molecule has 4 heteroatoms. The van der Waals surface area contributed by atoms with Crippen molar-refractivity contribution in [1.29, 1.82) is 0 Å². The molecule has 0 bridgehead atoms. The second kappa shape index (κ2) is 7.68. The lowest BCUT2D eigenvalue weighted by Crippen LogP contribution is -2.17. The van der Waals surface area contributed by atoms with Crippen LogP contribution in [0.5, 0.6) is 5.75 Å². The number of ether oxygens (including phenoxy) is 3. The molecule has 0 unspecified atom stereocenters. The quantitative estimate of drug-likeness (QED) is 0.537. The second-order valence-electron chi connectivity index (χ2n) is 3.46. The van der Waals surface area contributed by atoms with Crippen molar-refractivity contribution in [3.63, 3.8) is 0 Å². The second-order valence-corrected chi connectivity index (χ2v) is 3.46. The van der Waals surface area contributed by atoms with Gasteiger partial charge in [-0.1, -0.05) is 25.1 Å². The van der Waals surface area contributed by atoms with Gasteiger partial charge in [0, 0.05) is 7.11 Å². The highest BCUT2D eigenvalue weighted by atomic mass is 16.6. The Balaban J connectivity index is 2.36. The summed E-state index contributed by atoms with van der Waals surface area (Å²) in [5.41, 5.74) is 1.08. The SMILES string of the molecule is CCc1ccccc1OCC(=O)OCCOC. The summed E-state index contributed by atoms with van der Waals surface area (Å²) in [4.78, 5) is 11.3. The van der Waals surface area contributed by atoms with Gasteiger partial charge in [-0.25, -0.2) is 4.79 Å². The summed E-state index contributed by atoms with van der Waals surface area (Å²) in [6.45, 7) is 2.63. The number of methoxy groups -OCH3 is 1. The van der Waals surface area contributed by atoms with Gasteiger partial charge in [0.1, 0.15) is 12.4 Å². The van der Waals surface area contributed by atoms with Gasteiger partial charge in [-0.05, 0) is 18.1 Å². The third-order valence-corrected chi connectivity index (χ3v) is 2.25. The fraction of sp³-hybridized carbons (Fsp3) is 0.462. The van der Waals surface area contributed by atoms with Gasteiger partial charge < -0.3 is 14.2 Å². The van der Waals surface area contributed by atoms with Crippen molar-refractivity contribution >= 4 is 5.97 Å². The minimum absolute atomic E-state index is 0.0687. The molecule has 17 heavy (non-hydrogen) atoms. The van der Waals surface area contributed by atoms with Crippen molar-refractivity contribution in [3.8, 4) is 5.75 Å². The summed E-state index contributed by atoms with van der Waals surface area (Å²) in [6, 6.07) is 7.65. The van der Waals surface area contributed by atoms with E-state index in [1.807, 2.05) is 31.2 Å². The minimum Gasteiger partial charge on any atom is -0.482 e. The van der Waals surface area contributed by atoms with E-state index in [1.54, 1.807) is 7.11 Å². The predicted molar refractivity (Wildman–Crippen MR) is 64.2 cm³/mol. The zero-order valence-corrected chi connectivity index (χ0v) is 10.3. The van der Waals surface area contributed by atoms with Crippen LogP contribution >= 0.6 is 0 Å². The van der Waals surface area contributed by atoms with Crippen LogP contribution in [0, 0.1) is 0 Å². The predicted octanol–water partition coefficient (Wildman–Crippen LogP) is 1.82. The van der Waals surface area contributed by atoms with E-state index in [0.29, 0.717) is 6.61 Å². The Morgan fingerprint density at radius 3 is 2.71 bits per heavy atom. The molecule has 94 valence electrons. The van der Waals surface area contributed by atoms with Crippen LogP contribution in [0.4, 0.5) is 0 Å². The molecule has 0 amide bonds. The minimum atomic E-state index is -0.382. The zero-order chi connectivity index (χ0) is 12.5. The Labute approximate surface area is 101 Å². The third-order valence-electron chi connectivity index (χ3n) is 2.25. The molecule has 4 nitrogen and oxygen atoms in total. The molecular weight excluding hydrogens is 220 g/mol. The molecule has 0 aromatic heterocycles. The first-order valence-electron chi connectivity index (χ1n) is 5.63. The normalized spacial score (nSPS) is 10.0. The van der Waals surface area contributed by atoms with Crippen molar-refractivity contribution in [2.24, 2.45) is 0 Å². The number of esters is 1. The van der Waals surface area contributed by atoms with Gasteiger partial charge in [-0.3, -0.25) is 0 Å². The van der Waals surface area contributed by atoms with E-state index in [2.05, 4.69) is 0 Å². The zero-order valence-electron chi connectivity index (χ0n) is 10.3. The van der Waals surface area contributed by atoms with Crippen LogP contribution in [0.1, 0.15) is 12.5 Å². The van der Waals surface area contributed by atoms with Gasteiger partial charge >= 0.3 is 5.97 Å². The third kappa shape index (κ3) is 4.87. The number of hydrogen-bond acceptors (Lipinski definition) is 4. The molecule has 0 N–H and O–H groups in total. The number of carbonyl (C=O) groups excluding carboxylic acids is 1. The summed E-state index contributed by atoms with van der Waals surface area (Å²) in [5, 5.41) is 0. The van der Waals surface area contributed by atoms with E-state index < -0.39 is 0 Å². The van der Waals surface area contributed by atoms with Crippen LogP contribution in [0.2, 0.25) is 0 Å². The number of hydrogen-bond donors (Lipinski definition) is 0. The summed E-state index contributed by atoms with van der Waals surface area (Å²) in [5.74, 6) is 0.353. The fourth-order valence-electron chi connectivity index (χ4n) is 1.35. The van der Waals surface area contributed by atoms with Gasteiger partial charge in [0.2, 0.25) is 0 Å². The van der Waals surface area contributed by atoms with E-state index >= 15 is 0 Å². The Hall–Kier alpha value is -1.55. The number of carbonyl (C=O) groups is 1. The van der Waals surface area contributed by atoms with E-state index in [4.69, 9.17) is 14.2 Å². The largest absolute Gasteiger partial charge is 0.482 e. The Bertz CT molecular complexity index is 349. The van der Waals surface area contributed by atoms with E-state index in [-0.39, 0.29) is 19.2 Å². The van der Waals surface area contributed by atoms with Crippen LogP contribution in [0.25, 0.3) is 0 Å². The van der Waals surface area contributed by atoms with Crippen molar-refractivity contribution < 1.29 is 19.0 Å². The molecule has 0 aliphatic rings. The molecule has 0 heterocycles. The first kappa shape index (κ1) is 13.5. The monoisotopic (exact) mass is 238 g/mol. The molecule has 0 aliphatic carbocycles. The Kier molecular flexibility index (Phi) is 6.10. The first-order chi connectivity index (χ1) is 8.27. The molecule has 1 aromatic carbocycles. The summed E-state index contributed by atoms with van der Waals surface area (Å²) in [6.07, 6.45) is 0.870. The molecule has 0 aliphatic heterocycles. The van der Waals surface area contributed by atoms with E-state index in [9.17, 15) is 4.79 Å². The molecule has 0 atom stereocenters. The maximum Gasteiger partial charge on any atom is 0.344 e. The number of rotatable bonds is 7. The van der Waals surface area contributed by atoms with Crippen LogP contribution in [-0.2, 0) is 20.7 Å². The highest BCUT2D eigenvalue weighted by Crippen LogP contribution is 2.17. The average molecular weight is 238 g/mol. The average Bonchev–Trinajstić information content (AvgIpc) is 2.37. The van der Waals surface area contributed by atoms with Crippen LogP contribution in [0.15, 0.2) is 24.3 Å². The highest BCUT2D eigenvalue weighted by molar-refractivity contribution is 5.71. The Morgan fingerprint density at radius 1 is 1.24 bits per heavy atom. The molecule has 0 fully saturated rings. The standard InChI is InChI=1S/C13H18O4/c1-3-11-6-4-5-7-12(11)17-10-13(14)16-9-8-15-2/h4-7H,3,8-10H2,1-2H3. The lowest BCUT2D eigenvalue weighted by atomic mass is 10.1. The summed E-state index contributed by atoms with van der Waals surface area (Å²) in [7, 11) is 1.56. The van der Waals surface area contributed by atoms with Crippen molar-refractivity contribution in [2.75, 3.05) is 26.9 Å². The van der Waals surface area contributed by atoms with Crippen molar-refractivity contribution in [3.05, 3.63) is 29.8 Å². The smallest absolute Gasteiger partial charge is 0.344 e. The molecule has 0 radical (unpaired) electrons.